The summed E-state index contributed by atoms with van der Waals surface area (Å²) in [5, 5.41) is 15.7. The normalized spacial score (nSPS) is 21.4. The van der Waals surface area contributed by atoms with Crippen molar-refractivity contribution in [2.75, 3.05) is 11.9 Å². The summed E-state index contributed by atoms with van der Waals surface area (Å²) in [5.41, 5.74) is 1.34. The van der Waals surface area contributed by atoms with Gasteiger partial charge in [0.25, 0.3) is 0 Å². The molecular weight excluding hydrogens is 350 g/mol. The van der Waals surface area contributed by atoms with Crippen molar-refractivity contribution in [3.63, 3.8) is 0 Å². The summed E-state index contributed by atoms with van der Waals surface area (Å²) in [5.74, 6) is 0.670. The number of benzene rings is 2. The van der Waals surface area contributed by atoms with Gasteiger partial charge >= 0.3 is 0 Å². The van der Waals surface area contributed by atoms with Gasteiger partial charge in [-0.05, 0) is 54.3 Å². The molecule has 1 fully saturated rings. The lowest BCUT2D eigenvalue weighted by atomic mass is 9.70. The van der Waals surface area contributed by atoms with Gasteiger partial charge in [0, 0.05) is 23.7 Å². The van der Waals surface area contributed by atoms with Crippen molar-refractivity contribution in [1.29, 1.82) is 5.26 Å². The van der Waals surface area contributed by atoms with Crippen LogP contribution in [-0.4, -0.2) is 22.6 Å². The molecule has 1 saturated carbocycles. The van der Waals surface area contributed by atoms with Crippen molar-refractivity contribution in [1.82, 2.24) is 4.90 Å². The standard InChI is InChI=1S/C23H29N3S/c1-17-14-19(16-23(2,3)15-17)26(13-7-12-24)22(27)25-21-11-6-9-18-8-4-5-10-20(18)21/h4-6,8-11,17,19H,7,13-16H2,1-3H3,(H,25,27)/t17-,19-/m0/s1. The Labute approximate surface area is 168 Å². The van der Waals surface area contributed by atoms with Gasteiger partial charge in [-0.2, -0.15) is 5.26 Å². The molecule has 3 rings (SSSR count). The molecule has 1 aliphatic carbocycles. The van der Waals surface area contributed by atoms with E-state index < -0.39 is 0 Å². The molecule has 1 N–H and O–H groups in total. The first-order valence-corrected chi connectivity index (χ1v) is 10.2. The fourth-order valence-electron chi connectivity index (χ4n) is 4.67. The van der Waals surface area contributed by atoms with E-state index in [9.17, 15) is 0 Å². The van der Waals surface area contributed by atoms with E-state index >= 15 is 0 Å². The average Bonchev–Trinajstić information content (AvgIpc) is 2.61. The van der Waals surface area contributed by atoms with E-state index in [1.54, 1.807) is 0 Å². The molecule has 0 aromatic heterocycles. The van der Waals surface area contributed by atoms with E-state index in [-0.39, 0.29) is 0 Å². The second kappa shape index (κ2) is 8.27. The van der Waals surface area contributed by atoms with Crippen LogP contribution in [0, 0.1) is 22.7 Å². The highest BCUT2D eigenvalue weighted by Gasteiger charge is 2.35. The molecule has 0 aliphatic heterocycles. The lowest BCUT2D eigenvalue weighted by molar-refractivity contribution is 0.108. The van der Waals surface area contributed by atoms with Crippen molar-refractivity contribution < 1.29 is 0 Å². The molecule has 3 nitrogen and oxygen atoms in total. The van der Waals surface area contributed by atoms with Crippen LogP contribution in [0.4, 0.5) is 5.69 Å². The second-order valence-electron chi connectivity index (χ2n) is 8.63. The second-order valence-corrected chi connectivity index (χ2v) is 9.01. The topological polar surface area (TPSA) is 39.1 Å². The SMILES string of the molecule is C[C@H]1C[C@H](N(CCC#N)C(=S)Nc2cccc3ccccc23)CC(C)(C)C1. The maximum Gasteiger partial charge on any atom is 0.173 e. The van der Waals surface area contributed by atoms with Crippen LogP contribution in [-0.2, 0) is 0 Å². The van der Waals surface area contributed by atoms with E-state index in [1.807, 2.05) is 0 Å². The Kier molecular flexibility index (Phi) is 6.01. The summed E-state index contributed by atoms with van der Waals surface area (Å²) in [6.07, 6.45) is 3.98. The first-order chi connectivity index (χ1) is 12.9. The maximum absolute atomic E-state index is 9.14. The Hall–Kier alpha value is -2.12. The smallest absolute Gasteiger partial charge is 0.173 e. The van der Waals surface area contributed by atoms with E-state index in [0.717, 1.165) is 23.6 Å². The molecule has 0 saturated heterocycles. The number of hydrogen-bond acceptors (Lipinski definition) is 2. The highest BCUT2D eigenvalue weighted by Crippen LogP contribution is 2.40. The van der Waals surface area contributed by atoms with Crippen molar-refractivity contribution in [3.05, 3.63) is 42.5 Å². The summed E-state index contributed by atoms with van der Waals surface area (Å²) in [6, 6.07) is 17.2. The minimum Gasteiger partial charge on any atom is -0.345 e. The number of thiocarbonyl (C=S) groups is 1. The van der Waals surface area contributed by atoms with Crippen LogP contribution < -0.4 is 5.32 Å². The van der Waals surface area contributed by atoms with Gasteiger partial charge in [-0.15, -0.1) is 0 Å². The summed E-state index contributed by atoms with van der Waals surface area (Å²) in [6.45, 7) is 7.71. The molecule has 0 unspecified atom stereocenters. The third-order valence-electron chi connectivity index (χ3n) is 5.56. The monoisotopic (exact) mass is 379 g/mol. The van der Waals surface area contributed by atoms with Gasteiger partial charge in [0.15, 0.2) is 5.11 Å². The predicted octanol–water partition coefficient (Wildman–Crippen LogP) is 5.97. The van der Waals surface area contributed by atoms with Crippen molar-refractivity contribution in [2.24, 2.45) is 11.3 Å². The lowest BCUT2D eigenvalue weighted by Crippen LogP contribution is -2.48. The molecule has 0 heterocycles. The molecule has 2 aromatic rings. The average molecular weight is 380 g/mol. The summed E-state index contributed by atoms with van der Waals surface area (Å²) >= 11 is 5.83. The fourth-order valence-corrected chi connectivity index (χ4v) is 5.03. The molecule has 0 bridgehead atoms. The largest absolute Gasteiger partial charge is 0.345 e. The lowest BCUT2D eigenvalue weighted by Gasteiger charge is -2.44. The van der Waals surface area contributed by atoms with Crippen molar-refractivity contribution >= 4 is 33.8 Å². The number of hydrogen-bond donors (Lipinski definition) is 1. The molecule has 0 amide bonds. The molecule has 27 heavy (non-hydrogen) atoms. The van der Waals surface area contributed by atoms with Gasteiger partial charge in [0.2, 0.25) is 0 Å². The van der Waals surface area contributed by atoms with Gasteiger partial charge in [0.1, 0.15) is 0 Å². The first-order valence-electron chi connectivity index (χ1n) is 9.82. The number of nitriles is 1. The fraction of sp³-hybridized carbons (Fsp3) is 0.478. The number of nitrogens with one attached hydrogen (secondary N) is 1. The zero-order valence-corrected chi connectivity index (χ0v) is 17.4. The first kappa shape index (κ1) is 19.6. The van der Waals surface area contributed by atoms with Gasteiger partial charge in [-0.3, -0.25) is 0 Å². The maximum atomic E-state index is 9.14. The quantitative estimate of drug-likeness (QED) is 0.665. The van der Waals surface area contributed by atoms with Crippen LogP contribution >= 0.6 is 12.2 Å². The molecule has 142 valence electrons. The summed E-state index contributed by atoms with van der Waals surface area (Å²) < 4.78 is 0. The number of anilines is 1. The highest BCUT2D eigenvalue weighted by molar-refractivity contribution is 7.80. The summed E-state index contributed by atoms with van der Waals surface area (Å²) in [7, 11) is 0. The van der Waals surface area contributed by atoms with Gasteiger partial charge in [-0.1, -0.05) is 57.2 Å². The Bertz CT molecular complexity index is 847. The van der Waals surface area contributed by atoms with Crippen LogP contribution in [0.3, 0.4) is 0 Å². The van der Waals surface area contributed by atoms with E-state index in [2.05, 4.69) is 79.5 Å². The molecule has 1 aliphatic rings. The van der Waals surface area contributed by atoms with E-state index in [4.69, 9.17) is 17.5 Å². The van der Waals surface area contributed by atoms with Crippen LogP contribution in [0.5, 0.6) is 0 Å². The molecular formula is C23H29N3S. The molecule has 0 radical (unpaired) electrons. The predicted molar refractivity (Wildman–Crippen MR) is 118 cm³/mol. The van der Waals surface area contributed by atoms with Crippen molar-refractivity contribution in [2.45, 2.75) is 52.5 Å². The van der Waals surface area contributed by atoms with E-state index in [1.165, 1.54) is 17.2 Å². The molecule has 2 atom stereocenters. The van der Waals surface area contributed by atoms with Crippen LogP contribution in [0.1, 0.15) is 46.5 Å². The van der Waals surface area contributed by atoms with Gasteiger partial charge in [-0.25, -0.2) is 0 Å². The third-order valence-corrected chi connectivity index (χ3v) is 5.90. The molecule has 0 spiro atoms. The van der Waals surface area contributed by atoms with Crippen LogP contribution in [0.2, 0.25) is 0 Å². The third kappa shape index (κ3) is 4.78. The number of nitrogens with zero attached hydrogens (tertiary/aromatic N) is 2. The zero-order chi connectivity index (χ0) is 19.4. The highest BCUT2D eigenvalue weighted by atomic mass is 32.1. The number of rotatable bonds is 4. The van der Waals surface area contributed by atoms with Gasteiger partial charge < -0.3 is 10.2 Å². The van der Waals surface area contributed by atoms with E-state index in [0.29, 0.717) is 30.3 Å². The molecule has 2 aromatic carbocycles. The Balaban J connectivity index is 1.84. The Morgan fingerprint density at radius 2 is 1.96 bits per heavy atom. The zero-order valence-electron chi connectivity index (χ0n) is 16.5. The van der Waals surface area contributed by atoms with Crippen LogP contribution in [0.15, 0.2) is 42.5 Å². The Morgan fingerprint density at radius 1 is 1.22 bits per heavy atom. The van der Waals surface area contributed by atoms with Gasteiger partial charge in [0.05, 0.1) is 12.5 Å². The Morgan fingerprint density at radius 3 is 2.70 bits per heavy atom. The molecule has 4 heteroatoms. The van der Waals surface area contributed by atoms with Crippen molar-refractivity contribution in [3.8, 4) is 6.07 Å². The minimum absolute atomic E-state index is 0.308. The summed E-state index contributed by atoms with van der Waals surface area (Å²) in [4.78, 5) is 2.26. The van der Waals surface area contributed by atoms with Crippen LogP contribution in [0.25, 0.3) is 10.8 Å². The number of fused-ring (bicyclic) bond motifs is 1. The minimum atomic E-state index is 0.308.